The number of carbonyl (C=O) groups is 3. The molecule has 0 radical (unpaired) electrons. The molecule has 1 aromatic heterocycles. The van der Waals surface area contributed by atoms with Crippen molar-refractivity contribution in [2.24, 2.45) is 0 Å². The monoisotopic (exact) mass is 413 g/mol. The van der Waals surface area contributed by atoms with Crippen molar-refractivity contribution in [3.63, 3.8) is 0 Å². The number of barbiturate groups is 1. The molecule has 2 aromatic carbocycles. The fourth-order valence-electron chi connectivity index (χ4n) is 3.51. The van der Waals surface area contributed by atoms with Crippen LogP contribution in [0.1, 0.15) is 29.3 Å². The number of urea groups is 1. The maximum absolute atomic E-state index is 13.1. The first-order chi connectivity index (χ1) is 15.0. The van der Waals surface area contributed by atoms with Gasteiger partial charge in [0, 0.05) is 18.4 Å². The van der Waals surface area contributed by atoms with Crippen LogP contribution in [0.5, 0.6) is 0 Å². The molecule has 31 heavy (non-hydrogen) atoms. The summed E-state index contributed by atoms with van der Waals surface area (Å²) in [6.07, 6.45) is 4.28. The molecule has 1 saturated heterocycles. The molecule has 1 aliphatic rings. The van der Waals surface area contributed by atoms with Crippen LogP contribution in [0.4, 0.5) is 10.5 Å². The third-order valence-corrected chi connectivity index (χ3v) is 5.33. The lowest BCUT2D eigenvalue weighted by molar-refractivity contribution is -0.122. The topological polar surface area (TPSA) is 71.4 Å². The Hall–Kier alpha value is -3.93. The van der Waals surface area contributed by atoms with Gasteiger partial charge in [-0.25, -0.2) is 9.69 Å². The van der Waals surface area contributed by atoms with Gasteiger partial charge in [0.2, 0.25) is 0 Å². The van der Waals surface area contributed by atoms with E-state index < -0.39 is 17.8 Å². The van der Waals surface area contributed by atoms with Crippen LogP contribution in [0, 0.1) is 6.92 Å². The Morgan fingerprint density at radius 1 is 0.903 bits per heavy atom. The van der Waals surface area contributed by atoms with Crippen LogP contribution in [-0.2, 0) is 22.6 Å². The lowest BCUT2D eigenvalue weighted by atomic mass is 10.1. The molecule has 156 valence electrons. The normalized spacial score (nSPS) is 15.5. The van der Waals surface area contributed by atoms with Gasteiger partial charge >= 0.3 is 6.03 Å². The Morgan fingerprint density at radius 3 is 2.26 bits per heavy atom. The summed E-state index contributed by atoms with van der Waals surface area (Å²) in [6, 6.07) is 18.3. The largest absolute Gasteiger partial charge is 0.344 e. The van der Waals surface area contributed by atoms with Gasteiger partial charge in [0.25, 0.3) is 11.8 Å². The molecule has 3 aromatic rings. The first kappa shape index (κ1) is 20.3. The molecule has 0 spiro atoms. The number of hydrogen-bond donors (Lipinski definition) is 1. The van der Waals surface area contributed by atoms with Gasteiger partial charge in [0.15, 0.2) is 0 Å². The Bertz CT molecular complexity index is 1170. The second-order valence-corrected chi connectivity index (χ2v) is 7.52. The van der Waals surface area contributed by atoms with Crippen molar-refractivity contribution in [3.05, 3.63) is 94.8 Å². The van der Waals surface area contributed by atoms with Crippen molar-refractivity contribution < 1.29 is 14.4 Å². The maximum Gasteiger partial charge on any atom is 0.335 e. The fraction of sp³-hybridized carbons (Fsp3) is 0.160. The summed E-state index contributed by atoms with van der Waals surface area (Å²) in [5, 5.41) is 2.27. The van der Waals surface area contributed by atoms with Crippen molar-refractivity contribution >= 4 is 29.6 Å². The SMILES string of the molecule is CCc1ccc(N2C(=O)NC(=O)/C(=C/c3cccn3Cc3ccc(C)cc3)C2=O)cc1. The highest BCUT2D eigenvalue weighted by Crippen LogP contribution is 2.23. The van der Waals surface area contributed by atoms with E-state index in [0.29, 0.717) is 17.9 Å². The van der Waals surface area contributed by atoms with Crippen molar-refractivity contribution in [1.29, 1.82) is 0 Å². The van der Waals surface area contributed by atoms with Crippen LogP contribution in [0.2, 0.25) is 0 Å². The van der Waals surface area contributed by atoms with Gasteiger partial charge in [-0.3, -0.25) is 14.9 Å². The van der Waals surface area contributed by atoms with Crippen LogP contribution in [0.25, 0.3) is 6.08 Å². The standard InChI is InChI=1S/C25H23N3O3/c1-3-18-10-12-20(13-11-18)28-24(30)22(23(29)26-25(28)31)15-21-5-4-14-27(21)16-19-8-6-17(2)7-9-19/h4-15H,3,16H2,1-2H3,(H,26,29,31)/b22-15-. The number of nitrogens with zero attached hydrogens (tertiary/aromatic N) is 2. The maximum atomic E-state index is 13.1. The van der Waals surface area contributed by atoms with E-state index in [-0.39, 0.29) is 5.57 Å². The van der Waals surface area contributed by atoms with Crippen LogP contribution >= 0.6 is 0 Å². The average Bonchev–Trinajstić information content (AvgIpc) is 3.19. The van der Waals surface area contributed by atoms with Crippen LogP contribution in [-0.4, -0.2) is 22.4 Å². The van der Waals surface area contributed by atoms with Gasteiger partial charge < -0.3 is 4.57 Å². The summed E-state index contributed by atoms with van der Waals surface area (Å²) in [6.45, 7) is 4.66. The van der Waals surface area contributed by atoms with Crippen molar-refractivity contribution in [2.75, 3.05) is 4.90 Å². The third kappa shape index (κ3) is 4.19. The highest BCUT2D eigenvalue weighted by Gasteiger charge is 2.36. The van der Waals surface area contributed by atoms with Crippen LogP contribution in [0.3, 0.4) is 0 Å². The molecule has 0 unspecified atom stereocenters. The van der Waals surface area contributed by atoms with E-state index in [0.717, 1.165) is 22.4 Å². The number of amides is 4. The first-order valence-electron chi connectivity index (χ1n) is 10.2. The predicted octanol–water partition coefficient (Wildman–Crippen LogP) is 4.07. The number of imide groups is 2. The van der Waals surface area contributed by atoms with Gasteiger partial charge in [-0.1, -0.05) is 48.9 Å². The quantitative estimate of drug-likeness (QED) is 0.506. The van der Waals surface area contributed by atoms with E-state index in [4.69, 9.17) is 0 Å². The Kier molecular flexibility index (Phi) is 5.54. The molecule has 6 nitrogen and oxygen atoms in total. The van der Waals surface area contributed by atoms with E-state index in [2.05, 4.69) is 5.32 Å². The van der Waals surface area contributed by atoms with Crippen molar-refractivity contribution in [3.8, 4) is 0 Å². The van der Waals surface area contributed by atoms with Gasteiger partial charge in [-0.2, -0.15) is 0 Å². The summed E-state index contributed by atoms with van der Waals surface area (Å²) in [5.41, 5.74) is 4.42. The molecule has 1 fully saturated rings. The second-order valence-electron chi connectivity index (χ2n) is 7.52. The second kappa shape index (κ2) is 8.44. The number of hydrogen-bond acceptors (Lipinski definition) is 3. The third-order valence-electron chi connectivity index (χ3n) is 5.33. The fourth-order valence-corrected chi connectivity index (χ4v) is 3.51. The molecule has 4 rings (SSSR count). The number of rotatable bonds is 5. The van der Waals surface area contributed by atoms with Crippen LogP contribution in [0.15, 0.2) is 72.4 Å². The smallest absolute Gasteiger partial charge is 0.335 e. The van der Waals surface area contributed by atoms with Crippen molar-refractivity contribution in [2.45, 2.75) is 26.8 Å². The number of carbonyl (C=O) groups excluding carboxylic acids is 3. The molecule has 2 heterocycles. The summed E-state index contributed by atoms with van der Waals surface area (Å²) in [7, 11) is 0. The minimum atomic E-state index is -0.744. The van der Waals surface area contributed by atoms with E-state index in [1.807, 2.05) is 73.1 Å². The molecule has 1 N–H and O–H groups in total. The Labute approximate surface area is 180 Å². The number of aromatic nitrogens is 1. The molecular formula is C25H23N3O3. The van der Waals surface area contributed by atoms with E-state index in [1.54, 1.807) is 12.1 Å². The number of anilines is 1. The molecular weight excluding hydrogens is 390 g/mol. The zero-order chi connectivity index (χ0) is 22.0. The minimum absolute atomic E-state index is 0.0805. The molecule has 0 atom stereocenters. The zero-order valence-corrected chi connectivity index (χ0v) is 17.5. The lowest BCUT2D eigenvalue weighted by Crippen LogP contribution is -2.54. The van der Waals surface area contributed by atoms with Crippen molar-refractivity contribution in [1.82, 2.24) is 9.88 Å². The Morgan fingerprint density at radius 2 is 1.58 bits per heavy atom. The summed E-state index contributed by atoms with van der Waals surface area (Å²) in [4.78, 5) is 39.0. The van der Waals surface area contributed by atoms with Crippen LogP contribution < -0.4 is 10.2 Å². The Balaban J connectivity index is 1.64. The van der Waals surface area contributed by atoms with Gasteiger partial charge in [0.05, 0.1) is 5.69 Å². The van der Waals surface area contributed by atoms with E-state index in [9.17, 15) is 14.4 Å². The van der Waals surface area contributed by atoms with E-state index >= 15 is 0 Å². The van der Waals surface area contributed by atoms with Gasteiger partial charge in [-0.15, -0.1) is 0 Å². The minimum Gasteiger partial charge on any atom is -0.344 e. The predicted molar refractivity (Wildman–Crippen MR) is 120 cm³/mol. The first-order valence-corrected chi connectivity index (χ1v) is 10.2. The summed E-state index contributed by atoms with van der Waals surface area (Å²) < 4.78 is 1.95. The molecule has 0 bridgehead atoms. The molecule has 0 aliphatic carbocycles. The number of benzene rings is 2. The molecule has 4 amide bonds. The molecule has 1 aliphatic heterocycles. The zero-order valence-electron chi connectivity index (χ0n) is 17.5. The summed E-state index contributed by atoms with van der Waals surface area (Å²) >= 11 is 0. The highest BCUT2D eigenvalue weighted by molar-refractivity contribution is 6.39. The van der Waals surface area contributed by atoms with Gasteiger partial charge in [0.1, 0.15) is 5.57 Å². The molecule has 0 saturated carbocycles. The van der Waals surface area contributed by atoms with Gasteiger partial charge in [-0.05, 0) is 54.8 Å². The highest BCUT2D eigenvalue weighted by atomic mass is 16.2. The number of nitrogens with one attached hydrogen (secondary N) is 1. The number of aryl methyl sites for hydroxylation is 2. The average molecular weight is 413 g/mol. The summed E-state index contributed by atoms with van der Waals surface area (Å²) in [5.74, 6) is -1.33. The van der Waals surface area contributed by atoms with E-state index in [1.165, 1.54) is 11.6 Å². The molecule has 6 heteroatoms. The lowest BCUT2D eigenvalue weighted by Gasteiger charge is -2.26.